The lowest BCUT2D eigenvalue weighted by Gasteiger charge is -2.33. The van der Waals surface area contributed by atoms with Gasteiger partial charge in [-0.15, -0.1) is 0 Å². The predicted molar refractivity (Wildman–Crippen MR) is 159 cm³/mol. The normalized spacial score (nSPS) is 17.2. The molecule has 0 saturated carbocycles. The molecule has 0 radical (unpaired) electrons. The molecule has 2 aromatic carbocycles. The molecule has 1 fully saturated rings. The summed E-state index contributed by atoms with van der Waals surface area (Å²) in [7, 11) is 1.78. The van der Waals surface area contributed by atoms with Crippen LogP contribution in [-0.2, 0) is 6.54 Å². The van der Waals surface area contributed by atoms with Crippen LogP contribution in [0.5, 0.6) is 5.75 Å². The third-order valence-electron chi connectivity index (χ3n) is 8.52. The van der Waals surface area contributed by atoms with Crippen molar-refractivity contribution in [3.63, 3.8) is 0 Å². The summed E-state index contributed by atoms with van der Waals surface area (Å²) < 4.78 is 21.7. The van der Waals surface area contributed by atoms with Crippen LogP contribution < -0.4 is 10.1 Å². The number of carbonyl (C=O) groups excluding carboxylic acids is 1. The van der Waals surface area contributed by atoms with Crippen LogP contribution in [-0.4, -0.2) is 54.8 Å². The van der Waals surface area contributed by atoms with Crippen LogP contribution in [0.2, 0.25) is 5.02 Å². The fraction of sp³-hybridized carbons (Fsp3) is 0.375. The van der Waals surface area contributed by atoms with Crippen molar-refractivity contribution in [2.75, 3.05) is 33.3 Å². The number of allylic oxidation sites excluding steroid dienone is 4. The molecule has 3 aliphatic heterocycles. The molecule has 0 aliphatic carbocycles. The van der Waals surface area contributed by atoms with Gasteiger partial charge in [0.2, 0.25) is 0 Å². The maximum Gasteiger partial charge on any atom is 0.258 e. The van der Waals surface area contributed by atoms with Gasteiger partial charge in [0.05, 0.1) is 46.3 Å². The quantitative estimate of drug-likeness (QED) is 0.474. The van der Waals surface area contributed by atoms with Gasteiger partial charge in [-0.25, -0.2) is 4.39 Å². The third-order valence-corrected chi connectivity index (χ3v) is 8.83. The summed E-state index contributed by atoms with van der Waals surface area (Å²) in [5.41, 5.74) is 3.92. The molecule has 10 heteroatoms. The number of nitrogens with zero attached hydrogens (tertiary/aromatic N) is 5. The molecule has 1 amide bonds. The average Bonchev–Trinajstić information content (AvgIpc) is 3.64. The summed E-state index contributed by atoms with van der Waals surface area (Å²) in [4.78, 5) is 21.9. The Morgan fingerprint density at radius 1 is 1.14 bits per heavy atom. The van der Waals surface area contributed by atoms with Gasteiger partial charge in [0.15, 0.2) is 0 Å². The smallest absolute Gasteiger partial charge is 0.258 e. The minimum atomic E-state index is -0.870. The number of nitrogens with one attached hydrogen (secondary N) is 1. The molecule has 5 rings (SSSR count). The topological polar surface area (TPSA) is 105 Å². The number of amides is 1. The van der Waals surface area contributed by atoms with E-state index in [4.69, 9.17) is 16.3 Å². The number of carbonyl (C=O) groups is 1. The molecule has 0 bridgehead atoms. The van der Waals surface area contributed by atoms with Gasteiger partial charge in [-0.3, -0.25) is 14.7 Å². The fourth-order valence-electron chi connectivity index (χ4n) is 5.85. The number of amidine groups is 1. The van der Waals surface area contributed by atoms with Gasteiger partial charge in [0.1, 0.15) is 24.0 Å². The lowest BCUT2D eigenvalue weighted by atomic mass is 9.79. The zero-order valence-corrected chi connectivity index (χ0v) is 24.9. The molecular weight excluding hydrogens is 555 g/mol. The van der Waals surface area contributed by atoms with Crippen molar-refractivity contribution >= 4 is 23.3 Å². The van der Waals surface area contributed by atoms with E-state index < -0.39 is 17.6 Å². The first kappa shape index (κ1) is 29.3. The van der Waals surface area contributed by atoms with Crippen LogP contribution in [0.3, 0.4) is 0 Å². The summed E-state index contributed by atoms with van der Waals surface area (Å²) in [5, 5.41) is 23.1. The number of benzene rings is 2. The molecule has 0 spiro atoms. The highest BCUT2D eigenvalue weighted by Gasteiger charge is 2.36. The average molecular weight is 587 g/mol. The first-order valence-electron chi connectivity index (χ1n) is 13.9. The van der Waals surface area contributed by atoms with Crippen LogP contribution in [0.4, 0.5) is 4.39 Å². The number of likely N-dealkylation sites (tertiary alicyclic amines) is 1. The largest absolute Gasteiger partial charge is 0.492 e. The standard InChI is InChI=1S/C32H32ClFN6O2/c1-18-27-17-37-31(38-32(41)22-8-7-21(13-28(22)33)42-12-11-40-9-5-6-10-40)23(27)14-24(30(18)34)29-25(15-35)19(2)39(4)20(3)26(29)16-36/h7-8,13-14,29H,5-6,9-12,17H2,1-4H3,(H,37,38,41). The van der Waals surface area contributed by atoms with Gasteiger partial charge in [-0.1, -0.05) is 11.6 Å². The van der Waals surface area contributed by atoms with Crippen LogP contribution in [0.15, 0.2) is 51.8 Å². The van der Waals surface area contributed by atoms with E-state index >= 15 is 4.39 Å². The monoisotopic (exact) mass is 586 g/mol. The number of nitriles is 2. The molecule has 0 unspecified atom stereocenters. The van der Waals surface area contributed by atoms with Crippen LogP contribution in [0, 0.1) is 35.4 Å². The maximum atomic E-state index is 15.9. The Morgan fingerprint density at radius 3 is 2.43 bits per heavy atom. The van der Waals surface area contributed by atoms with Crippen molar-refractivity contribution in [3.05, 3.63) is 85.5 Å². The van der Waals surface area contributed by atoms with Gasteiger partial charge in [-0.05, 0) is 82.1 Å². The van der Waals surface area contributed by atoms with Crippen molar-refractivity contribution in [1.82, 2.24) is 15.1 Å². The molecule has 8 nitrogen and oxygen atoms in total. The van der Waals surface area contributed by atoms with Gasteiger partial charge < -0.3 is 15.0 Å². The number of halogens is 2. The Morgan fingerprint density at radius 2 is 1.81 bits per heavy atom. The molecular formula is C32H32ClFN6O2. The molecule has 0 aromatic heterocycles. The fourth-order valence-corrected chi connectivity index (χ4v) is 6.11. The molecule has 3 heterocycles. The highest BCUT2D eigenvalue weighted by Crippen LogP contribution is 2.43. The van der Waals surface area contributed by atoms with Crippen molar-refractivity contribution in [1.29, 1.82) is 10.5 Å². The van der Waals surface area contributed by atoms with E-state index in [2.05, 4.69) is 27.3 Å². The summed E-state index contributed by atoms with van der Waals surface area (Å²) in [6.45, 7) is 8.96. The Hall–Kier alpha value is -4.18. The highest BCUT2D eigenvalue weighted by molar-refractivity contribution is 6.34. The second-order valence-electron chi connectivity index (χ2n) is 10.8. The Labute approximate surface area is 250 Å². The van der Waals surface area contributed by atoms with Gasteiger partial charge in [-0.2, -0.15) is 10.5 Å². The van der Waals surface area contributed by atoms with Crippen molar-refractivity contribution in [2.24, 2.45) is 4.99 Å². The van der Waals surface area contributed by atoms with E-state index in [0.29, 0.717) is 51.6 Å². The molecule has 216 valence electrons. The van der Waals surface area contributed by atoms with E-state index in [1.54, 1.807) is 57.0 Å². The minimum Gasteiger partial charge on any atom is -0.492 e. The van der Waals surface area contributed by atoms with E-state index in [1.807, 2.05) is 0 Å². The van der Waals surface area contributed by atoms with Crippen LogP contribution in [0.25, 0.3) is 0 Å². The molecule has 1 saturated heterocycles. The summed E-state index contributed by atoms with van der Waals surface area (Å²) in [5.74, 6) is -0.949. The second-order valence-corrected chi connectivity index (χ2v) is 11.2. The molecule has 42 heavy (non-hydrogen) atoms. The van der Waals surface area contributed by atoms with Crippen LogP contribution >= 0.6 is 11.6 Å². The van der Waals surface area contributed by atoms with E-state index in [9.17, 15) is 15.3 Å². The number of fused-ring (bicyclic) bond motifs is 1. The predicted octanol–water partition coefficient (Wildman–Crippen LogP) is 5.58. The van der Waals surface area contributed by atoms with Gasteiger partial charge in [0, 0.05) is 36.1 Å². The number of ether oxygens (including phenoxy) is 1. The zero-order valence-electron chi connectivity index (χ0n) is 24.1. The van der Waals surface area contributed by atoms with Crippen molar-refractivity contribution in [2.45, 2.75) is 46.1 Å². The Kier molecular flexibility index (Phi) is 8.36. The van der Waals surface area contributed by atoms with Gasteiger partial charge in [0.25, 0.3) is 5.91 Å². The molecule has 2 aromatic rings. The van der Waals surface area contributed by atoms with Gasteiger partial charge >= 0.3 is 0 Å². The summed E-state index contributed by atoms with van der Waals surface area (Å²) in [6, 6.07) is 10.9. The lowest BCUT2D eigenvalue weighted by Crippen LogP contribution is -2.31. The van der Waals surface area contributed by atoms with E-state index in [1.165, 1.54) is 12.8 Å². The van der Waals surface area contributed by atoms with E-state index in [-0.39, 0.29) is 28.5 Å². The van der Waals surface area contributed by atoms with E-state index in [0.717, 1.165) is 19.6 Å². The van der Waals surface area contributed by atoms with Crippen molar-refractivity contribution in [3.8, 4) is 17.9 Å². The summed E-state index contributed by atoms with van der Waals surface area (Å²) >= 11 is 6.48. The Balaban J connectivity index is 1.39. The maximum absolute atomic E-state index is 15.9. The number of rotatable bonds is 6. The third kappa shape index (κ3) is 5.27. The first-order chi connectivity index (χ1) is 20.2. The SMILES string of the molecule is CC1=C(C#N)C(c2cc3c(c(C)c2F)CN=C3NC(=O)c2ccc(OCCN3CCCC3)cc2Cl)C(C#N)=C(C)N1C. The van der Waals surface area contributed by atoms with Crippen LogP contribution in [0.1, 0.15) is 65.2 Å². The minimum absolute atomic E-state index is 0.193. The summed E-state index contributed by atoms with van der Waals surface area (Å²) in [6.07, 6.45) is 2.43. The second kappa shape index (κ2) is 12.0. The van der Waals surface area contributed by atoms with Crippen molar-refractivity contribution < 1.29 is 13.9 Å². The number of hydrogen-bond acceptors (Lipinski definition) is 7. The number of aliphatic imine (C=N–C) groups is 1. The number of hydrogen-bond donors (Lipinski definition) is 1. The lowest BCUT2D eigenvalue weighted by molar-refractivity contribution is 0.0977. The Bertz CT molecular complexity index is 1600. The first-order valence-corrected chi connectivity index (χ1v) is 14.3. The molecule has 3 aliphatic rings. The molecule has 1 N–H and O–H groups in total. The molecule has 0 atom stereocenters. The zero-order chi connectivity index (χ0) is 30.1. The highest BCUT2D eigenvalue weighted by atomic mass is 35.5.